The van der Waals surface area contributed by atoms with Gasteiger partial charge in [0.05, 0.1) is 0 Å². The fourth-order valence-corrected chi connectivity index (χ4v) is 2.30. The Morgan fingerprint density at radius 2 is 2.00 bits per heavy atom. The van der Waals surface area contributed by atoms with Crippen molar-refractivity contribution in [2.75, 3.05) is 17.2 Å². The first kappa shape index (κ1) is 17.1. The van der Waals surface area contributed by atoms with Crippen LogP contribution in [0.2, 0.25) is 0 Å². The van der Waals surface area contributed by atoms with Crippen molar-refractivity contribution in [3.05, 3.63) is 34.8 Å². The van der Waals surface area contributed by atoms with Crippen LogP contribution in [-0.2, 0) is 6.54 Å². The Morgan fingerprint density at radius 3 is 2.61 bits per heavy atom. The van der Waals surface area contributed by atoms with Crippen LogP contribution < -0.4 is 16.0 Å². The lowest BCUT2D eigenvalue weighted by molar-refractivity contribution is 0.150. The van der Waals surface area contributed by atoms with Gasteiger partial charge in [-0.3, -0.25) is 5.32 Å². The van der Waals surface area contributed by atoms with E-state index >= 15 is 0 Å². The van der Waals surface area contributed by atoms with Gasteiger partial charge in [-0.05, 0) is 24.1 Å². The predicted molar refractivity (Wildman–Crippen MR) is 85.9 cm³/mol. The van der Waals surface area contributed by atoms with Crippen LogP contribution in [0.4, 0.5) is 24.4 Å². The molecule has 0 atom stereocenters. The number of urea groups is 1. The van der Waals surface area contributed by atoms with Crippen LogP contribution in [0.25, 0.3) is 0 Å². The highest BCUT2D eigenvalue weighted by Gasteiger charge is 2.15. The number of hydrogen-bond acceptors (Lipinski definition) is 5. The number of rotatable bonds is 7. The maximum Gasteiger partial charge on any atom is 0.321 e. The number of aromatic nitrogens is 2. The number of carbonyl (C=O) groups excluding carboxylic acids is 1. The van der Waals surface area contributed by atoms with Gasteiger partial charge in [0, 0.05) is 18.8 Å². The van der Waals surface area contributed by atoms with Crippen LogP contribution in [0.1, 0.15) is 30.3 Å². The summed E-state index contributed by atoms with van der Waals surface area (Å²) < 4.78 is 24.7. The van der Waals surface area contributed by atoms with Crippen molar-refractivity contribution in [1.82, 2.24) is 15.5 Å². The summed E-state index contributed by atoms with van der Waals surface area (Å²) in [5.74, 6) is 0. The van der Waals surface area contributed by atoms with Gasteiger partial charge in [0.1, 0.15) is 0 Å². The molecule has 124 valence electrons. The molecule has 0 bridgehead atoms. The molecule has 1 aromatic carbocycles. The van der Waals surface area contributed by atoms with Gasteiger partial charge in [0.25, 0.3) is 6.43 Å². The third-order valence-electron chi connectivity index (χ3n) is 2.83. The zero-order valence-corrected chi connectivity index (χ0v) is 13.3. The van der Waals surface area contributed by atoms with Gasteiger partial charge in [0.2, 0.25) is 5.13 Å². The highest BCUT2D eigenvalue weighted by Crippen LogP contribution is 2.24. The first-order valence-corrected chi connectivity index (χ1v) is 7.89. The maximum absolute atomic E-state index is 12.4. The monoisotopic (exact) mass is 341 g/mol. The summed E-state index contributed by atoms with van der Waals surface area (Å²) in [6.07, 6.45) is -1.64. The minimum atomic E-state index is -2.69. The quantitative estimate of drug-likeness (QED) is 0.719. The molecule has 23 heavy (non-hydrogen) atoms. The van der Waals surface area contributed by atoms with E-state index in [-0.39, 0.29) is 5.13 Å². The molecule has 6 nitrogen and oxygen atoms in total. The molecule has 1 aromatic heterocycles. The van der Waals surface area contributed by atoms with E-state index in [1.54, 1.807) is 0 Å². The molecule has 2 amide bonds. The van der Waals surface area contributed by atoms with E-state index in [0.717, 1.165) is 24.2 Å². The summed E-state index contributed by atoms with van der Waals surface area (Å²) in [6, 6.07) is 7.15. The number of hydrogen-bond donors (Lipinski definition) is 3. The fourth-order valence-electron chi connectivity index (χ4n) is 1.71. The van der Waals surface area contributed by atoms with Crippen LogP contribution >= 0.6 is 11.3 Å². The second-order valence-electron chi connectivity index (χ2n) is 4.68. The number of nitrogens with zero attached hydrogens (tertiary/aromatic N) is 2. The van der Waals surface area contributed by atoms with E-state index in [2.05, 4.69) is 33.1 Å². The lowest BCUT2D eigenvalue weighted by atomic mass is 10.2. The largest absolute Gasteiger partial charge is 0.385 e. The van der Waals surface area contributed by atoms with Crippen LogP contribution in [-0.4, -0.2) is 22.8 Å². The average molecular weight is 341 g/mol. The first-order valence-electron chi connectivity index (χ1n) is 7.07. The maximum atomic E-state index is 12.4. The molecular formula is C14H17F2N5OS. The van der Waals surface area contributed by atoms with Crippen molar-refractivity contribution in [2.24, 2.45) is 0 Å². The third-order valence-corrected chi connectivity index (χ3v) is 3.68. The summed E-state index contributed by atoms with van der Waals surface area (Å²) >= 11 is 0.648. The van der Waals surface area contributed by atoms with Crippen LogP contribution in [0, 0.1) is 0 Å². The van der Waals surface area contributed by atoms with Gasteiger partial charge < -0.3 is 10.6 Å². The highest BCUT2D eigenvalue weighted by atomic mass is 32.1. The van der Waals surface area contributed by atoms with Gasteiger partial charge >= 0.3 is 6.03 Å². The van der Waals surface area contributed by atoms with Gasteiger partial charge in [-0.15, -0.1) is 10.2 Å². The van der Waals surface area contributed by atoms with Crippen LogP contribution in [0.5, 0.6) is 0 Å². The molecule has 0 aliphatic carbocycles. The highest BCUT2D eigenvalue weighted by molar-refractivity contribution is 7.15. The Hall–Kier alpha value is -2.29. The van der Waals surface area contributed by atoms with Gasteiger partial charge in [-0.2, -0.15) is 0 Å². The number of anilines is 2. The molecule has 0 aliphatic rings. The molecule has 0 aliphatic heterocycles. The fraction of sp³-hybridized carbons (Fsp3) is 0.357. The molecule has 0 spiro atoms. The summed E-state index contributed by atoms with van der Waals surface area (Å²) in [4.78, 5) is 11.7. The lowest BCUT2D eigenvalue weighted by Crippen LogP contribution is -2.28. The number of benzene rings is 1. The summed E-state index contributed by atoms with van der Waals surface area (Å²) in [7, 11) is 0. The Balaban J connectivity index is 1.79. The van der Waals surface area contributed by atoms with E-state index in [9.17, 15) is 13.6 Å². The van der Waals surface area contributed by atoms with E-state index in [4.69, 9.17) is 0 Å². The molecular weight excluding hydrogens is 324 g/mol. The second kappa shape index (κ2) is 8.37. The van der Waals surface area contributed by atoms with Gasteiger partial charge in [-0.25, -0.2) is 13.6 Å². The van der Waals surface area contributed by atoms with Crippen molar-refractivity contribution in [2.45, 2.75) is 26.3 Å². The molecule has 0 radical (unpaired) electrons. The molecule has 2 aromatic rings. The normalized spacial score (nSPS) is 10.6. The topological polar surface area (TPSA) is 78.9 Å². The van der Waals surface area contributed by atoms with Crippen LogP contribution in [0.3, 0.4) is 0 Å². The van der Waals surface area contributed by atoms with E-state index < -0.39 is 17.5 Å². The minimum absolute atomic E-state index is 0.0388. The second-order valence-corrected chi connectivity index (χ2v) is 5.69. The molecule has 9 heteroatoms. The molecule has 0 saturated heterocycles. The molecule has 0 saturated carbocycles. The number of amides is 2. The van der Waals surface area contributed by atoms with Crippen molar-refractivity contribution in [3.63, 3.8) is 0 Å². The minimum Gasteiger partial charge on any atom is -0.385 e. The van der Waals surface area contributed by atoms with Crippen LogP contribution in [0.15, 0.2) is 24.3 Å². The third kappa shape index (κ3) is 5.44. The number of nitrogens with one attached hydrogen (secondary N) is 3. The van der Waals surface area contributed by atoms with Crippen molar-refractivity contribution >= 4 is 28.2 Å². The first-order chi connectivity index (χ1) is 11.1. The van der Waals surface area contributed by atoms with E-state index in [0.29, 0.717) is 17.9 Å². The van der Waals surface area contributed by atoms with Crippen molar-refractivity contribution < 1.29 is 13.6 Å². The molecule has 3 N–H and O–H groups in total. The van der Waals surface area contributed by atoms with E-state index in [1.807, 2.05) is 24.3 Å². The standard InChI is InChI=1S/C14H17F2N5OS/c1-2-7-17-10-5-3-9(4-6-10)8-18-13(22)19-14-21-20-12(23-14)11(15)16/h3-6,11,17H,2,7-8H2,1H3,(H2,18,19,21,22). The Labute approximate surface area is 136 Å². The Morgan fingerprint density at radius 1 is 1.26 bits per heavy atom. The van der Waals surface area contributed by atoms with Gasteiger partial charge in [-0.1, -0.05) is 30.4 Å². The molecule has 0 fully saturated rings. The smallest absolute Gasteiger partial charge is 0.321 e. The summed E-state index contributed by atoms with van der Waals surface area (Å²) in [5.41, 5.74) is 1.95. The van der Waals surface area contributed by atoms with Gasteiger partial charge in [0.15, 0.2) is 5.01 Å². The Kier molecular flexibility index (Phi) is 6.21. The Bertz CT molecular complexity index is 632. The SMILES string of the molecule is CCCNc1ccc(CNC(=O)Nc2nnc(C(F)F)s2)cc1. The lowest BCUT2D eigenvalue weighted by Gasteiger charge is -2.07. The van der Waals surface area contributed by atoms with Crippen molar-refractivity contribution in [3.8, 4) is 0 Å². The zero-order valence-electron chi connectivity index (χ0n) is 12.5. The molecule has 1 heterocycles. The summed E-state index contributed by atoms with van der Waals surface area (Å²) in [5, 5.41) is 14.7. The number of alkyl halides is 2. The molecule has 2 rings (SSSR count). The molecule has 0 unspecified atom stereocenters. The van der Waals surface area contributed by atoms with Crippen molar-refractivity contribution in [1.29, 1.82) is 0 Å². The number of carbonyl (C=O) groups is 1. The summed E-state index contributed by atoms with van der Waals surface area (Å²) in [6.45, 7) is 3.31. The number of halogens is 2. The van der Waals surface area contributed by atoms with E-state index in [1.165, 1.54) is 0 Å². The zero-order chi connectivity index (χ0) is 16.7. The average Bonchev–Trinajstić information content (AvgIpc) is 3.00. The predicted octanol–water partition coefficient (Wildman–Crippen LogP) is 3.62.